The minimum absolute atomic E-state index is 0.139. The minimum atomic E-state index is -1.22. The number of carboxylic acids is 2. The van der Waals surface area contributed by atoms with E-state index in [1.165, 1.54) is 19.1 Å². The van der Waals surface area contributed by atoms with E-state index in [-0.39, 0.29) is 17.7 Å². The molecule has 0 radical (unpaired) electrons. The van der Waals surface area contributed by atoms with Gasteiger partial charge in [-0.2, -0.15) is 0 Å². The molecule has 1 rings (SSSR count). The van der Waals surface area contributed by atoms with Crippen LogP contribution in [0.2, 0.25) is 0 Å². The van der Waals surface area contributed by atoms with E-state index < -0.39 is 18.0 Å². The Hall–Kier alpha value is -1.92. The Labute approximate surface area is 104 Å². The first-order chi connectivity index (χ1) is 8.31. The monoisotopic (exact) mass is 256 g/mol. The van der Waals surface area contributed by atoms with Crippen LogP contribution >= 0.6 is 0 Å². The Balaban J connectivity index is 0.000000494. The van der Waals surface area contributed by atoms with Gasteiger partial charge in [0.1, 0.15) is 0 Å². The molecule has 1 aromatic carbocycles. The summed E-state index contributed by atoms with van der Waals surface area (Å²) < 4.78 is 0. The van der Waals surface area contributed by atoms with Gasteiger partial charge in [-0.05, 0) is 25.5 Å². The number of benzene rings is 1. The number of aliphatic hydroxyl groups excluding tert-OH is 2. The molecule has 6 nitrogen and oxygen atoms in total. The highest BCUT2D eigenvalue weighted by atomic mass is 16.4. The molecular formula is C12H16O6. The van der Waals surface area contributed by atoms with E-state index in [1.807, 2.05) is 0 Å². The zero-order chi connectivity index (χ0) is 14.3. The minimum Gasteiger partial charge on any atom is -0.478 e. The number of carbonyl (C=O) groups is 2. The van der Waals surface area contributed by atoms with E-state index in [1.54, 1.807) is 13.0 Å². The van der Waals surface area contributed by atoms with E-state index in [0.717, 1.165) is 0 Å². The Bertz CT molecular complexity index is 425. The molecule has 0 saturated heterocycles. The second-order valence-electron chi connectivity index (χ2n) is 3.64. The number of hydrogen-bond acceptors (Lipinski definition) is 4. The molecule has 18 heavy (non-hydrogen) atoms. The maximum Gasteiger partial charge on any atom is 0.336 e. The molecule has 1 aromatic rings. The van der Waals surface area contributed by atoms with Crippen molar-refractivity contribution in [3.63, 3.8) is 0 Å². The van der Waals surface area contributed by atoms with Gasteiger partial charge in [0.2, 0.25) is 0 Å². The van der Waals surface area contributed by atoms with Gasteiger partial charge >= 0.3 is 11.9 Å². The van der Waals surface area contributed by atoms with Crippen molar-refractivity contribution in [1.29, 1.82) is 0 Å². The van der Waals surface area contributed by atoms with Gasteiger partial charge in [-0.15, -0.1) is 0 Å². The molecule has 0 bridgehead atoms. The van der Waals surface area contributed by atoms with Crippen LogP contribution in [0.3, 0.4) is 0 Å². The number of aliphatic hydroxyl groups is 2. The van der Waals surface area contributed by atoms with Crippen LogP contribution in [0.5, 0.6) is 0 Å². The number of aromatic carboxylic acids is 2. The number of aryl methyl sites for hydroxylation is 1. The molecule has 4 N–H and O–H groups in total. The molecule has 0 aromatic heterocycles. The highest BCUT2D eigenvalue weighted by molar-refractivity contribution is 6.02. The van der Waals surface area contributed by atoms with Crippen molar-refractivity contribution < 1.29 is 30.0 Å². The standard InChI is InChI=1S/C9H8O4.C3H8O2/c1-5-3-2-4-6(8(10)11)7(5)9(12)13;1-3(5)2-4/h2-4H,1H3,(H,10,11)(H,12,13);3-5H,2H2,1H3. The lowest BCUT2D eigenvalue weighted by Crippen LogP contribution is -2.09. The Morgan fingerprint density at radius 2 is 1.72 bits per heavy atom. The number of carboxylic acid groups (broad SMARTS) is 2. The van der Waals surface area contributed by atoms with E-state index in [0.29, 0.717) is 5.56 Å². The van der Waals surface area contributed by atoms with Gasteiger partial charge in [0.15, 0.2) is 0 Å². The molecule has 0 heterocycles. The Kier molecular flexibility index (Phi) is 6.62. The third-order valence-corrected chi connectivity index (χ3v) is 1.98. The van der Waals surface area contributed by atoms with Crippen molar-refractivity contribution in [2.75, 3.05) is 6.61 Å². The van der Waals surface area contributed by atoms with E-state index in [9.17, 15) is 9.59 Å². The molecule has 0 amide bonds. The molecule has 1 unspecified atom stereocenters. The largest absolute Gasteiger partial charge is 0.478 e. The zero-order valence-electron chi connectivity index (χ0n) is 10.1. The highest BCUT2D eigenvalue weighted by Gasteiger charge is 2.17. The summed E-state index contributed by atoms with van der Waals surface area (Å²) >= 11 is 0. The number of rotatable bonds is 3. The molecule has 0 saturated carbocycles. The average Bonchev–Trinajstić information content (AvgIpc) is 2.28. The van der Waals surface area contributed by atoms with Crippen molar-refractivity contribution in [2.24, 2.45) is 0 Å². The van der Waals surface area contributed by atoms with Crippen LogP contribution in [-0.2, 0) is 0 Å². The molecule has 100 valence electrons. The predicted molar refractivity (Wildman–Crippen MR) is 63.9 cm³/mol. The molecular weight excluding hydrogens is 240 g/mol. The average molecular weight is 256 g/mol. The molecule has 0 aliphatic carbocycles. The van der Waals surface area contributed by atoms with Crippen LogP contribution in [-0.4, -0.2) is 45.1 Å². The van der Waals surface area contributed by atoms with Gasteiger partial charge in [-0.3, -0.25) is 0 Å². The summed E-state index contributed by atoms with van der Waals surface area (Å²) in [5.41, 5.74) is 0.134. The maximum absolute atomic E-state index is 10.7. The van der Waals surface area contributed by atoms with Gasteiger partial charge in [-0.1, -0.05) is 12.1 Å². The van der Waals surface area contributed by atoms with Gasteiger partial charge < -0.3 is 20.4 Å². The topological polar surface area (TPSA) is 115 Å². The van der Waals surface area contributed by atoms with Gasteiger partial charge in [-0.25, -0.2) is 9.59 Å². The van der Waals surface area contributed by atoms with E-state index in [2.05, 4.69) is 0 Å². The third kappa shape index (κ3) is 4.94. The molecule has 0 fully saturated rings. The summed E-state index contributed by atoms with van der Waals surface area (Å²) in [4.78, 5) is 21.3. The fourth-order valence-electron chi connectivity index (χ4n) is 1.13. The molecule has 0 aliphatic heterocycles. The van der Waals surface area contributed by atoms with Crippen LogP contribution in [0.4, 0.5) is 0 Å². The van der Waals surface area contributed by atoms with Crippen molar-refractivity contribution in [2.45, 2.75) is 20.0 Å². The Morgan fingerprint density at radius 3 is 2.00 bits per heavy atom. The lowest BCUT2D eigenvalue weighted by atomic mass is 10.0. The normalized spacial score (nSPS) is 11.1. The van der Waals surface area contributed by atoms with Crippen LogP contribution in [0.15, 0.2) is 18.2 Å². The van der Waals surface area contributed by atoms with Crippen molar-refractivity contribution in [3.8, 4) is 0 Å². The second kappa shape index (κ2) is 7.41. The van der Waals surface area contributed by atoms with Gasteiger partial charge in [0, 0.05) is 0 Å². The molecule has 1 atom stereocenters. The molecule has 0 aliphatic rings. The fourth-order valence-corrected chi connectivity index (χ4v) is 1.13. The van der Waals surface area contributed by atoms with Crippen LogP contribution in [0.1, 0.15) is 33.2 Å². The quantitative estimate of drug-likeness (QED) is 0.634. The van der Waals surface area contributed by atoms with Crippen molar-refractivity contribution in [3.05, 3.63) is 34.9 Å². The van der Waals surface area contributed by atoms with Crippen LogP contribution in [0.25, 0.3) is 0 Å². The SMILES string of the molecule is CC(O)CO.Cc1cccc(C(=O)O)c1C(=O)O. The second-order valence-corrected chi connectivity index (χ2v) is 3.64. The van der Waals surface area contributed by atoms with Gasteiger partial charge in [0.25, 0.3) is 0 Å². The molecule has 6 heteroatoms. The summed E-state index contributed by atoms with van der Waals surface area (Å²) in [7, 11) is 0. The summed E-state index contributed by atoms with van der Waals surface area (Å²) in [6, 6.07) is 4.36. The smallest absolute Gasteiger partial charge is 0.336 e. The first-order valence-electron chi connectivity index (χ1n) is 5.16. The maximum atomic E-state index is 10.7. The third-order valence-electron chi connectivity index (χ3n) is 1.98. The van der Waals surface area contributed by atoms with Crippen LogP contribution in [0, 0.1) is 6.92 Å². The summed E-state index contributed by atoms with van der Waals surface area (Å²) in [6.45, 7) is 2.95. The Morgan fingerprint density at radius 1 is 1.22 bits per heavy atom. The first kappa shape index (κ1) is 16.1. The first-order valence-corrected chi connectivity index (χ1v) is 5.16. The zero-order valence-corrected chi connectivity index (χ0v) is 10.1. The lowest BCUT2D eigenvalue weighted by molar-refractivity contribution is 0.0651. The van der Waals surface area contributed by atoms with Crippen molar-refractivity contribution >= 4 is 11.9 Å². The fraction of sp³-hybridized carbons (Fsp3) is 0.333. The van der Waals surface area contributed by atoms with Crippen LogP contribution < -0.4 is 0 Å². The predicted octanol–water partition coefficient (Wildman–Crippen LogP) is 0.751. The highest BCUT2D eigenvalue weighted by Crippen LogP contribution is 2.13. The van der Waals surface area contributed by atoms with Crippen molar-refractivity contribution in [1.82, 2.24) is 0 Å². The molecule has 0 spiro atoms. The number of hydrogen-bond donors (Lipinski definition) is 4. The lowest BCUT2D eigenvalue weighted by Gasteiger charge is -2.03. The van der Waals surface area contributed by atoms with E-state index in [4.69, 9.17) is 20.4 Å². The summed E-state index contributed by atoms with van der Waals surface area (Å²) in [5, 5.41) is 33.4. The summed E-state index contributed by atoms with van der Waals surface area (Å²) in [5.74, 6) is -2.43. The summed E-state index contributed by atoms with van der Waals surface area (Å²) in [6.07, 6.45) is -0.560. The van der Waals surface area contributed by atoms with E-state index >= 15 is 0 Å². The van der Waals surface area contributed by atoms with Gasteiger partial charge in [0.05, 0.1) is 23.8 Å².